The second-order valence-electron chi connectivity index (χ2n) is 11.7. The number of benzene rings is 1. The van der Waals surface area contributed by atoms with E-state index in [2.05, 4.69) is 10.3 Å². The van der Waals surface area contributed by atoms with Crippen molar-refractivity contribution in [1.82, 2.24) is 29.7 Å². The number of hydrogen-bond donors (Lipinski definition) is 1. The molecule has 0 spiro atoms. The summed E-state index contributed by atoms with van der Waals surface area (Å²) in [5, 5.41) is 18.8. The molecule has 0 saturated carbocycles. The first kappa shape index (κ1) is 30.5. The Hall–Kier alpha value is -3.47. The Kier molecular flexibility index (Phi) is 10.4. The number of ether oxygens (including phenoxy) is 1. The Morgan fingerprint density at radius 1 is 1.10 bits per heavy atom. The molecule has 0 aliphatic carbocycles. The van der Waals surface area contributed by atoms with Crippen molar-refractivity contribution in [2.75, 3.05) is 46.4 Å². The van der Waals surface area contributed by atoms with E-state index < -0.39 is 18.1 Å². The lowest BCUT2D eigenvalue weighted by Crippen LogP contribution is -2.57. The van der Waals surface area contributed by atoms with Crippen LogP contribution in [0, 0.1) is 18.8 Å². The van der Waals surface area contributed by atoms with Gasteiger partial charge in [0.05, 0.1) is 23.3 Å². The molecule has 2 saturated heterocycles. The van der Waals surface area contributed by atoms with Gasteiger partial charge in [0, 0.05) is 46.4 Å². The molecule has 1 N–H and O–H groups in total. The largest absolute Gasteiger partial charge is 0.465 e. The Labute approximate surface area is 242 Å². The molecule has 1 aromatic heterocycles. The fraction of sp³-hybridized carbons (Fsp3) is 0.633. The Bertz CT molecular complexity index is 1210. The zero-order valence-electron chi connectivity index (χ0n) is 24.8. The van der Waals surface area contributed by atoms with Crippen LogP contribution < -0.4 is 0 Å². The summed E-state index contributed by atoms with van der Waals surface area (Å²) >= 11 is 0. The molecule has 11 heteroatoms. The summed E-state index contributed by atoms with van der Waals surface area (Å²) in [6.45, 7) is 8.81. The minimum atomic E-state index is -1.07. The fourth-order valence-electron chi connectivity index (χ4n) is 5.98. The molecule has 2 aromatic rings. The lowest BCUT2D eigenvalue weighted by atomic mass is 9.91. The van der Waals surface area contributed by atoms with Gasteiger partial charge >= 0.3 is 6.09 Å². The summed E-state index contributed by atoms with van der Waals surface area (Å²) in [6, 6.07) is 7.41. The Morgan fingerprint density at radius 3 is 2.49 bits per heavy atom. The summed E-state index contributed by atoms with van der Waals surface area (Å²) in [7, 11) is 1.67. The highest BCUT2D eigenvalue weighted by Crippen LogP contribution is 2.28. The van der Waals surface area contributed by atoms with Crippen molar-refractivity contribution in [3.05, 3.63) is 41.2 Å². The molecular weight excluding hydrogens is 524 g/mol. The molecular formula is C30H44N6O5. The van der Waals surface area contributed by atoms with Gasteiger partial charge in [-0.2, -0.15) is 0 Å². The first-order valence-electron chi connectivity index (χ1n) is 14.8. The van der Waals surface area contributed by atoms with Gasteiger partial charge in [-0.15, -0.1) is 5.10 Å². The van der Waals surface area contributed by atoms with Gasteiger partial charge in [-0.3, -0.25) is 9.59 Å². The number of aromatic nitrogens is 3. The first-order chi connectivity index (χ1) is 19.7. The molecule has 41 heavy (non-hydrogen) atoms. The number of carboxylic acid groups (broad SMARTS) is 1. The number of methoxy groups -OCH3 is 1. The maximum Gasteiger partial charge on any atom is 0.407 e. The maximum absolute atomic E-state index is 14.4. The van der Waals surface area contributed by atoms with Crippen LogP contribution in [0.25, 0.3) is 5.69 Å². The number of para-hydroxylation sites is 1. The Balaban J connectivity index is 1.68. The van der Waals surface area contributed by atoms with E-state index in [4.69, 9.17) is 4.74 Å². The van der Waals surface area contributed by atoms with Crippen LogP contribution in [0.5, 0.6) is 0 Å². The minimum Gasteiger partial charge on any atom is -0.465 e. The summed E-state index contributed by atoms with van der Waals surface area (Å²) in [5.41, 5.74) is 2.88. The minimum absolute atomic E-state index is 0.0141. The third-order valence-electron chi connectivity index (χ3n) is 8.05. The van der Waals surface area contributed by atoms with Crippen molar-refractivity contribution in [3.8, 4) is 5.69 Å². The molecule has 0 unspecified atom stereocenters. The van der Waals surface area contributed by atoms with Gasteiger partial charge < -0.3 is 24.5 Å². The van der Waals surface area contributed by atoms with Crippen molar-refractivity contribution in [3.63, 3.8) is 0 Å². The number of amides is 3. The predicted molar refractivity (Wildman–Crippen MR) is 154 cm³/mol. The molecule has 1 aromatic carbocycles. The van der Waals surface area contributed by atoms with Gasteiger partial charge in [0.15, 0.2) is 5.69 Å². The van der Waals surface area contributed by atoms with Crippen LogP contribution in [0.1, 0.15) is 67.7 Å². The molecule has 3 amide bonds. The third-order valence-corrected chi connectivity index (χ3v) is 8.05. The number of rotatable bonds is 11. The second-order valence-corrected chi connectivity index (χ2v) is 11.7. The zero-order chi connectivity index (χ0) is 29.5. The van der Waals surface area contributed by atoms with Crippen LogP contribution >= 0.6 is 0 Å². The van der Waals surface area contributed by atoms with E-state index in [1.54, 1.807) is 16.7 Å². The molecule has 2 fully saturated rings. The summed E-state index contributed by atoms with van der Waals surface area (Å²) < 4.78 is 6.99. The average Bonchev–Trinajstić information content (AvgIpc) is 3.64. The van der Waals surface area contributed by atoms with Gasteiger partial charge in [-0.05, 0) is 63.0 Å². The number of hydrogen-bond acceptors (Lipinski definition) is 6. The smallest absolute Gasteiger partial charge is 0.407 e. The van der Waals surface area contributed by atoms with Gasteiger partial charge in [-0.1, -0.05) is 37.3 Å². The molecule has 11 nitrogen and oxygen atoms in total. The first-order valence-corrected chi connectivity index (χ1v) is 14.8. The van der Waals surface area contributed by atoms with Gasteiger partial charge in [0.1, 0.15) is 0 Å². The van der Waals surface area contributed by atoms with E-state index in [0.29, 0.717) is 39.1 Å². The number of nitrogens with zero attached hydrogens (tertiary/aromatic N) is 6. The van der Waals surface area contributed by atoms with Crippen LogP contribution in [0.15, 0.2) is 24.3 Å². The summed E-state index contributed by atoms with van der Waals surface area (Å²) in [6.07, 6.45) is 3.49. The predicted octanol–water partition coefficient (Wildman–Crippen LogP) is 3.63. The average molecular weight is 569 g/mol. The molecule has 2 aliphatic heterocycles. The second kappa shape index (κ2) is 13.9. The number of unbranched alkanes of at least 4 members (excludes halogenated alkanes) is 1. The highest BCUT2D eigenvalue weighted by molar-refractivity contribution is 5.94. The van der Waals surface area contributed by atoms with E-state index >= 15 is 0 Å². The number of carbonyl (C=O) groups is 3. The van der Waals surface area contributed by atoms with E-state index in [9.17, 15) is 19.5 Å². The molecule has 4 rings (SSSR count). The number of carbonyl (C=O) groups excluding carboxylic acids is 2. The van der Waals surface area contributed by atoms with Crippen LogP contribution in [0.3, 0.4) is 0 Å². The highest BCUT2D eigenvalue weighted by atomic mass is 16.5. The van der Waals surface area contributed by atoms with E-state index in [1.807, 2.05) is 49.9 Å². The quantitative estimate of drug-likeness (QED) is 0.411. The lowest BCUT2D eigenvalue weighted by Gasteiger charge is -2.42. The number of aryl methyl sites for hydroxylation is 1. The van der Waals surface area contributed by atoms with E-state index in [0.717, 1.165) is 42.6 Å². The molecule has 0 bridgehead atoms. The molecule has 3 heterocycles. The maximum atomic E-state index is 14.4. The molecule has 2 atom stereocenters. The van der Waals surface area contributed by atoms with E-state index in [-0.39, 0.29) is 36.5 Å². The van der Waals surface area contributed by atoms with Crippen LogP contribution in [0.4, 0.5) is 4.79 Å². The molecule has 0 radical (unpaired) electrons. The van der Waals surface area contributed by atoms with Gasteiger partial charge in [0.2, 0.25) is 5.91 Å². The van der Waals surface area contributed by atoms with Crippen molar-refractivity contribution >= 4 is 17.9 Å². The van der Waals surface area contributed by atoms with Crippen LogP contribution in [-0.4, -0.2) is 105 Å². The topological polar surface area (TPSA) is 121 Å². The summed E-state index contributed by atoms with van der Waals surface area (Å²) in [4.78, 5) is 44.8. The van der Waals surface area contributed by atoms with Crippen molar-refractivity contribution in [2.45, 2.75) is 65.3 Å². The van der Waals surface area contributed by atoms with E-state index in [1.165, 1.54) is 4.90 Å². The highest BCUT2D eigenvalue weighted by Gasteiger charge is 2.41. The monoisotopic (exact) mass is 568 g/mol. The number of likely N-dealkylation sites (tertiary alicyclic amines) is 2. The van der Waals surface area contributed by atoms with Gasteiger partial charge in [0.25, 0.3) is 5.91 Å². The standard InChI is InChI=1S/C30H44N6O5/c1-21(2)18-35(24-17-23(19-34(20-24)30(39)40)28(37)33-14-8-9-15-33)29(38)27-26(13-7-10-16-41-4)36(32-31-27)25-12-6-5-11-22(25)3/h5-6,11-12,21,23-24H,7-10,13-20H2,1-4H3,(H,39,40)/t23-,24+/m1/s1. The summed E-state index contributed by atoms with van der Waals surface area (Å²) in [5.74, 6) is -0.644. The molecule has 224 valence electrons. The van der Waals surface area contributed by atoms with Crippen LogP contribution in [0.2, 0.25) is 0 Å². The van der Waals surface area contributed by atoms with Crippen molar-refractivity contribution in [2.24, 2.45) is 11.8 Å². The van der Waals surface area contributed by atoms with Gasteiger partial charge in [-0.25, -0.2) is 9.48 Å². The lowest BCUT2D eigenvalue weighted by molar-refractivity contribution is -0.136. The van der Waals surface area contributed by atoms with Crippen molar-refractivity contribution in [1.29, 1.82) is 0 Å². The Morgan fingerprint density at radius 2 is 1.83 bits per heavy atom. The van der Waals surface area contributed by atoms with Crippen molar-refractivity contribution < 1.29 is 24.2 Å². The molecule has 2 aliphatic rings. The number of piperidine rings is 1. The SMILES string of the molecule is COCCCCc1c(C(=O)N(CC(C)C)[C@H]2C[C@@H](C(=O)N3CCCC3)CN(C(=O)O)C2)nnn1-c1ccccc1C. The fourth-order valence-corrected chi connectivity index (χ4v) is 5.98. The van der Waals surface area contributed by atoms with Crippen LogP contribution in [-0.2, 0) is 16.0 Å². The zero-order valence-corrected chi connectivity index (χ0v) is 24.8. The normalized spacial score (nSPS) is 19.1. The third kappa shape index (κ3) is 7.25.